The molecule has 1 atom stereocenters. The number of carbonyl (C=O) groups excluding carboxylic acids is 2. The molecule has 0 radical (unpaired) electrons. The molecule has 1 aromatic carbocycles. The second-order valence-electron chi connectivity index (χ2n) is 5.94. The molecule has 2 rings (SSSR count). The van der Waals surface area contributed by atoms with E-state index in [2.05, 4.69) is 5.32 Å². The van der Waals surface area contributed by atoms with Crippen molar-refractivity contribution in [2.75, 3.05) is 45.9 Å². The number of nitrogens with zero attached hydrogens (tertiary/aromatic N) is 1. The predicted molar refractivity (Wildman–Crippen MR) is 94.1 cm³/mol. The first-order chi connectivity index (χ1) is 12.1. The van der Waals surface area contributed by atoms with E-state index in [4.69, 9.17) is 14.2 Å². The summed E-state index contributed by atoms with van der Waals surface area (Å²) in [6.45, 7) is 1.66. The third kappa shape index (κ3) is 4.85. The number of ether oxygens (including phenoxy) is 3. The van der Waals surface area contributed by atoms with Gasteiger partial charge in [-0.2, -0.15) is 0 Å². The van der Waals surface area contributed by atoms with Crippen LogP contribution in [0.2, 0.25) is 0 Å². The van der Waals surface area contributed by atoms with E-state index in [0.29, 0.717) is 36.9 Å². The second kappa shape index (κ2) is 9.27. The van der Waals surface area contributed by atoms with Gasteiger partial charge in [-0.15, -0.1) is 0 Å². The normalized spacial score (nSPS) is 16.8. The maximum absolute atomic E-state index is 12.3. The zero-order chi connectivity index (χ0) is 18.2. The number of hydrogen-bond donors (Lipinski definition) is 1. The van der Waals surface area contributed by atoms with Crippen LogP contribution in [0.15, 0.2) is 18.2 Å². The average Bonchev–Trinajstić information content (AvgIpc) is 3.02. The number of anilines is 1. The number of unbranched alkanes of at least 4 members (excludes halogenated alkanes) is 1. The van der Waals surface area contributed by atoms with Gasteiger partial charge in [-0.25, -0.2) is 0 Å². The molecular weight excluding hydrogens is 324 g/mol. The molecule has 1 heterocycles. The molecule has 138 valence electrons. The van der Waals surface area contributed by atoms with Crippen LogP contribution in [0.25, 0.3) is 0 Å². The molecular formula is C18H26N2O5. The number of hydrogen-bond acceptors (Lipinski definition) is 5. The summed E-state index contributed by atoms with van der Waals surface area (Å²) in [7, 11) is 4.77. The summed E-state index contributed by atoms with van der Waals surface area (Å²) in [5.41, 5.74) is 0.707. The summed E-state index contributed by atoms with van der Waals surface area (Å²) in [6, 6.07) is 5.30. The minimum atomic E-state index is -0.331. The molecule has 2 amide bonds. The van der Waals surface area contributed by atoms with E-state index in [9.17, 15) is 9.59 Å². The maximum Gasteiger partial charge on any atom is 0.227 e. The summed E-state index contributed by atoms with van der Waals surface area (Å²) in [6.07, 6.45) is 1.98. The molecule has 0 aromatic heterocycles. The Hall–Kier alpha value is -2.28. The molecule has 0 aliphatic carbocycles. The first-order valence-corrected chi connectivity index (χ1v) is 8.39. The van der Waals surface area contributed by atoms with E-state index in [-0.39, 0.29) is 24.2 Å². The molecule has 1 aromatic rings. The summed E-state index contributed by atoms with van der Waals surface area (Å²) >= 11 is 0. The van der Waals surface area contributed by atoms with Crippen LogP contribution in [0, 0.1) is 5.92 Å². The van der Waals surface area contributed by atoms with Crippen LogP contribution < -0.4 is 19.7 Å². The first kappa shape index (κ1) is 19.1. The lowest BCUT2D eigenvalue weighted by Gasteiger charge is -2.18. The van der Waals surface area contributed by atoms with Crippen LogP contribution in [-0.2, 0) is 14.3 Å². The van der Waals surface area contributed by atoms with Crippen LogP contribution in [0.4, 0.5) is 5.69 Å². The van der Waals surface area contributed by atoms with Crippen molar-refractivity contribution in [1.82, 2.24) is 5.32 Å². The number of rotatable bonds is 9. The van der Waals surface area contributed by atoms with Gasteiger partial charge in [-0.05, 0) is 25.0 Å². The van der Waals surface area contributed by atoms with Crippen LogP contribution in [0.1, 0.15) is 19.3 Å². The van der Waals surface area contributed by atoms with Gasteiger partial charge in [0.1, 0.15) is 0 Å². The number of benzene rings is 1. The van der Waals surface area contributed by atoms with E-state index >= 15 is 0 Å². The van der Waals surface area contributed by atoms with Crippen LogP contribution in [-0.4, -0.2) is 52.8 Å². The van der Waals surface area contributed by atoms with Crippen LogP contribution in [0.3, 0.4) is 0 Å². The van der Waals surface area contributed by atoms with E-state index < -0.39 is 0 Å². The van der Waals surface area contributed by atoms with Crippen LogP contribution >= 0.6 is 0 Å². The lowest BCUT2D eigenvalue weighted by Crippen LogP contribution is -2.33. The monoisotopic (exact) mass is 350 g/mol. The largest absolute Gasteiger partial charge is 0.493 e. The standard InChI is InChI=1S/C18H26N2O5/c1-23-9-5-4-8-19-18(22)13-10-17(21)20(12-13)14-6-7-15(24-2)16(11-14)25-3/h6-7,11,13H,4-5,8-10,12H2,1-3H3,(H,19,22). The summed E-state index contributed by atoms with van der Waals surface area (Å²) in [5, 5.41) is 2.90. The molecule has 1 aliphatic heterocycles. The Balaban J connectivity index is 1.94. The summed E-state index contributed by atoms with van der Waals surface area (Å²) in [4.78, 5) is 26.2. The molecule has 7 nitrogen and oxygen atoms in total. The predicted octanol–water partition coefficient (Wildman–Crippen LogP) is 1.60. The van der Waals surface area contributed by atoms with Gasteiger partial charge in [0, 0.05) is 45.0 Å². The Morgan fingerprint density at radius 1 is 1.20 bits per heavy atom. The summed E-state index contributed by atoms with van der Waals surface area (Å²) < 4.78 is 15.5. The highest BCUT2D eigenvalue weighted by Crippen LogP contribution is 2.34. The number of amides is 2. The fraction of sp³-hybridized carbons (Fsp3) is 0.556. The van der Waals surface area contributed by atoms with Crippen molar-refractivity contribution >= 4 is 17.5 Å². The van der Waals surface area contributed by atoms with Gasteiger partial charge >= 0.3 is 0 Å². The van der Waals surface area contributed by atoms with E-state index in [1.807, 2.05) is 0 Å². The number of methoxy groups -OCH3 is 3. The number of carbonyl (C=O) groups is 2. The third-order valence-corrected chi connectivity index (χ3v) is 4.25. The van der Waals surface area contributed by atoms with Crippen molar-refractivity contribution in [1.29, 1.82) is 0 Å². The molecule has 0 saturated carbocycles. The lowest BCUT2D eigenvalue weighted by atomic mass is 10.1. The molecule has 25 heavy (non-hydrogen) atoms. The average molecular weight is 350 g/mol. The van der Waals surface area contributed by atoms with Gasteiger partial charge in [-0.3, -0.25) is 9.59 Å². The fourth-order valence-electron chi connectivity index (χ4n) is 2.85. The van der Waals surface area contributed by atoms with E-state index in [1.54, 1.807) is 44.4 Å². The highest BCUT2D eigenvalue weighted by Gasteiger charge is 2.35. The smallest absolute Gasteiger partial charge is 0.227 e. The van der Waals surface area contributed by atoms with E-state index in [0.717, 1.165) is 12.8 Å². The van der Waals surface area contributed by atoms with Crippen molar-refractivity contribution in [2.45, 2.75) is 19.3 Å². The quantitative estimate of drug-likeness (QED) is 0.685. The van der Waals surface area contributed by atoms with Gasteiger partial charge in [0.05, 0.1) is 20.1 Å². The van der Waals surface area contributed by atoms with E-state index in [1.165, 1.54) is 0 Å². The second-order valence-corrected chi connectivity index (χ2v) is 5.94. The maximum atomic E-state index is 12.3. The van der Waals surface area contributed by atoms with Crippen molar-refractivity contribution in [3.8, 4) is 11.5 Å². The van der Waals surface area contributed by atoms with Crippen LogP contribution in [0.5, 0.6) is 11.5 Å². The molecule has 0 bridgehead atoms. The first-order valence-electron chi connectivity index (χ1n) is 8.39. The van der Waals surface area contributed by atoms with Crippen molar-refractivity contribution in [2.24, 2.45) is 5.92 Å². The van der Waals surface area contributed by atoms with Gasteiger partial charge in [0.2, 0.25) is 11.8 Å². The highest BCUT2D eigenvalue weighted by molar-refractivity contribution is 6.00. The molecule has 1 saturated heterocycles. The molecule has 7 heteroatoms. The Kier molecular flexibility index (Phi) is 7.06. The van der Waals surface area contributed by atoms with Gasteiger partial charge < -0.3 is 24.4 Å². The topological polar surface area (TPSA) is 77.1 Å². The molecule has 1 fully saturated rings. The lowest BCUT2D eigenvalue weighted by molar-refractivity contribution is -0.126. The zero-order valence-electron chi connectivity index (χ0n) is 15.0. The highest BCUT2D eigenvalue weighted by atomic mass is 16.5. The van der Waals surface area contributed by atoms with Gasteiger partial charge in [-0.1, -0.05) is 0 Å². The van der Waals surface area contributed by atoms with Gasteiger partial charge in [0.25, 0.3) is 0 Å². The van der Waals surface area contributed by atoms with Crippen molar-refractivity contribution in [3.05, 3.63) is 18.2 Å². The Bertz CT molecular complexity index is 605. The Morgan fingerprint density at radius 3 is 2.64 bits per heavy atom. The summed E-state index contributed by atoms with van der Waals surface area (Å²) in [5.74, 6) is 0.686. The Morgan fingerprint density at radius 2 is 1.96 bits per heavy atom. The minimum Gasteiger partial charge on any atom is -0.493 e. The number of nitrogens with one attached hydrogen (secondary N) is 1. The zero-order valence-corrected chi connectivity index (χ0v) is 15.0. The SMILES string of the molecule is COCCCCNC(=O)C1CC(=O)N(c2ccc(OC)c(OC)c2)C1. The third-order valence-electron chi connectivity index (χ3n) is 4.25. The molecule has 0 spiro atoms. The molecule has 1 aliphatic rings. The van der Waals surface area contributed by atoms with Gasteiger partial charge in [0.15, 0.2) is 11.5 Å². The fourth-order valence-corrected chi connectivity index (χ4v) is 2.85. The Labute approximate surface area is 148 Å². The van der Waals surface area contributed by atoms with Crippen molar-refractivity contribution < 1.29 is 23.8 Å². The minimum absolute atomic E-state index is 0.0632. The van der Waals surface area contributed by atoms with Crippen molar-refractivity contribution in [3.63, 3.8) is 0 Å². The molecule has 1 unspecified atom stereocenters. The molecule has 1 N–H and O–H groups in total.